The van der Waals surface area contributed by atoms with Gasteiger partial charge in [-0.2, -0.15) is 0 Å². The lowest BCUT2D eigenvalue weighted by Crippen LogP contribution is -2.15. The van der Waals surface area contributed by atoms with E-state index in [1.54, 1.807) is 6.07 Å². The van der Waals surface area contributed by atoms with Crippen LogP contribution in [0.15, 0.2) is 29.2 Å². The SMILES string of the molecule is NCC(O)c1cccc(S(N)(=O)=O)c1. The summed E-state index contributed by atoms with van der Waals surface area (Å²) < 4.78 is 21.9. The number of hydrogen-bond acceptors (Lipinski definition) is 4. The van der Waals surface area contributed by atoms with Crippen molar-refractivity contribution in [2.24, 2.45) is 10.9 Å². The second kappa shape index (κ2) is 4.05. The van der Waals surface area contributed by atoms with Gasteiger partial charge in [0.15, 0.2) is 0 Å². The van der Waals surface area contributed by atoms with Crippen molar-refractivity contribution in [1.29, 1.82) is 0 Å². The molecule has 0 aliphatic carbocycles. The van der Waals surface area contributed by atoms with Crippen LogP contribution in [0.4, 0.5) is 0 Å². The summed E-state index contributed by atoms with van der Waals surface area (Å²) in [6.07, 6.45) is -0.864. The second-order valence-corrected chi connectivity index (χ2v) is 4.43. The third-order valence-corrected chi connectivity index (χ3v) is 2.71. The number of aliphatic hydroxyl groups excluding tert-OH is 1. The summed E-state index contributed by atoms with van der Waals surface area (Å²) in [5, 5.41) is 14.3. The molecular weight excluding hydrogens is 204 g/mol. The van der Waals surface area contributed by atoms with Gasteiger partial charge in [0.05, 0.1) is 11.0 Å². The first kappa shape index (κ1) is 11.1. The Hall–Kier alpha value is -0.950. The smallest absolute Gasteiger partial charge is 0.238 e. The van der Waals surface area contributed by atoms with Gasteiger partial charge in [0, 0.05) is 6.54 Å². The maximum atomic E-state index is 11.0. The lowest BCUT2D eigenvalue weighted by atomic mass is 10.1. The van der Waals surface area contributed by atoms with Crippen molar-refractivity contribution < 1.29 is 13.5 Å². The van der Waals surface area contributed by atoms with E-state index in [1.165, 1.54) is 18.2 Å². The predicted molar refractivity (Wildman–Crippen MR) is 51.8 cm³/mol. The van der Waals surface area contributed by atoms with E-state index in [0.29, 0.717) is 5.56 Å². The average molecular weight is 216 g/mol. The molecule has 0 bridgehead atoms. The summed E-state index contributed by atoms with van der Waals surface area (Å²) >= 11 is 0. The Morgan fingerprint density at radius 2 is 2.07 bits per heavy atom. The first-order valence-electron chi connectivity index (χ1n) is 3.96. The van der Waals surface area contributed by atoms with Crippen LogP contribution in [0, 0.1) is 0 Å². The van der Waals surface area contributed by atoms with Crippen molar-refractivity contribution in [3.05, 3.63) is 29.8 Å². The minimum absolute atomic E-state index is 0.0255. The maximum absolute atomic E-state index is 11.0. The molecule has 0 spiro atoms. The minimum atomic E-state index is -3.72. The molecule has 0 saturated heterocycles. The first-order valence-corrected chi connectivity index (χ1v) is 5.50. The monoisotopic (exact) mass is 216 g/mol. The summed E-state index contributed by atoms with van der Waals surface area (Å²) in [5.41, 5.74) is 5.68. The lowest BCUT2D eigenvalue weighted by Gasteiger charge is -2.08. The average Bonchev–Trinajstić information content (AvgIpc) is 2.15. The molecule has 0 heterocycles. The van der Waals surface area contributed by atoms with Crippen molar-refractivity contribution in [1.82, 2.24) is 0 Å². The molecule has 1 rings (SSSR count). The Balaban J connectivity index is 3.14. The van der Waals surface area contributed by atoms with Gasteiger partial charge in [0.1, 0.15) is 0 Å². The molecule has 5 N–H and O–H groups in total. The standard InChI is InChI=1S/C8H12N2O3S/c9-5-8(11)6-2-1-3-7(4-6)14(10,12)13/h1-4,8,11H,5,9H2,(H2,10,12,13). The van der Waals surface area contributed by atoms with Crippen LogP contribution in [0.2, 0.25) is 0 Å². The quantitative estimate of drug-likeness (QED) is 0.622. The number of rotatable bonds is 3. The Morgan fingerprint density at radius 3 is 2.57 bits per heavy atom. The van der Waals surface area contributed by atoms with Crippen LogP contribution in [-0.2, 0) is 10.0 Å². The van der Waals surface area contributed by atoms with E-state index in [4.69, 9.17) is 10.9 Å². The van der Waals surface area contributed by atoms with E-state index in [2.05, 4.69) is 0 Å². The fourth-order valence-electron chi connectivity index (χ4n) is 1.03. The summed E-state index contributed by atoms with van der Waals surface area (Å²) in [4.78, 5) is -0.0255. The molecule has 0 radical (unpaired) electrons. The van der Waals surface area contributed by atoms with Crippen molar-refractivity contribution >= 4 is 10.0 Å². The highest BCUT2D eigenvalue weighted by atomic mass is 32.2. The minimum Gasteiger partial charge on any atom is -0.387 e. The van der Waals surface area contributed by atoms with Gasteiger partial charge >= 0.3 is 0 Å². The number of hydrogen-bond donors (Lipinski definition) is 3. The molecule has 0 aliphatic rings. The molecular formula is C8H12N2O3S. The van der Waals surface area contributed by atoms with Crippen LogP contribution in [0.3, 0.4) is 0 Å². The topological polar surface area (TPSA) is 106 Å². The van der Waals surface area contributed by atoms with Crippen molar-refractivity contribution in [3.63, 3.8) is 0 Å². The van der Waals surface area contributed by atoms with Crippen molar-refractivity contribution in [3.8, 4) is 0 Å². The highest BCUT2D eigenvalue weighted by Gasteiger charge is 2.11. The molecule has 0 amide bonds. The van der Waals surface area contributed by atoms with E-state index >= 15 is 0 Å². The van der Waals surface area contributed by atoms with Gasteiger partial charge < -0.3 is 10.8 Å². The van der Waals surface area contributed by atoms with Crippen LogP contribution in [0.5, 0.6) is 0 Å². The van der Waals surface area contributed by atoms with Gasteiger partial charge in [-0.1, -0.05) is 12.1 Å². The number of aliphatic hydroxyl groups is 1. The number of primary sulfonamides is 1. The van der Waals surface area contributed by atoms with Gasteiger partial charge in [-0.25, -0.2) is 13.6 Å². The van der Waals surface area contributed by atoms with E-state index in [0.717, 1.165) is 0 Å². The van der Waals surface area contributed by atoms with Crippen molar-refractivity contribution in [2.45, 2.75) is 11.0 Å². The van der Waals surface area contributed by atoms with Crippen LogP contribution in [0.1, 0.15) is 11.7 Å². The Kier molecular flexibility index (Phi) is 3.22. The zero-order valence-electron chi connectivity index (χ0n) is 7.42. The van der Waals surface area contributed by atoms with Gasteiger partial charge in [0.2, 0.25) is 10.0 Å². The zero-order valence-corrected chi connectivity index (χ0v) is 8.24. The van der Waals surface area contributed by atoms with Gasteiger partial charge in [-0.05, 0) is 17.7 Å². The molecule has 1 atom stereocenters. The first-order chi connectivity index (χ1) is 6.45. The number of benzene rings is 1. The van der Waals surface area contributed by atoms with Gasteiger partial charge in [-0.15, -0.1) is 0 Å². The Bertz CT molecular complexity index is 416. The normalized spacial score (nSPS) is 13.9. The number of nitrogens with two attached hydrogens (primary N) is 2. The lowest BCUT2D eigenvalue weighted by molar-refractivity contribution is 0.186. The predicted octanol–water partition coefficient (Wildman–Crippen LogP) is -0.674. The molecule has 1 aromatic rings. The molecule has 14 heavy (non-hydrogen) atoms. The summed E-state index contributed by atoms with van der Waals surface area (Å²) in [7, 11) is -3.72. The van der Waals surface area contributed by atoms with Crippen LogP contribution in [-0.4, -0.2) is 20.1 Å². The second-order valence-electron chi connectivity index (χ2n) is 2.87. The maximum Gasteiger partial charge on any atom is 0.238 e. The van der Waals surface area contributed by atoms with Gasteiger partial charge in [0.25, 0.3) is 0 Å². The third kappa shape index (κ3) is 2.52. The molecule has 0 aliphatic heterocycles. The largest absolute Gasteiger partial charge is 0.387 e. The van der Waals surface area contributed by atoms with Crippen LogP contribution in [0.25, 0.3) is 0 Å². The zero-order chi connectivity index (χ0) is 10.8. The summed E-state index contributed by atoms with van der Waals surface area (Å²) in [5.74, 6) is 0. The molecule has 0 fully saturated rings. The molecule has 1 aromatic carbocycles. The van der Waals surface area contributed by atoms with E-state index in [-0.39, 0.29) is 11.4 Å². The van der Waals surface area contributed by atoms with E-state index < -0.39 is 16.1 Å². The third-order valence-electron chi connectivity index (χ3n) is 1.79. The molecule has 6 heteroatoms. The van der Waals surface area contributed by atoms with Crippen molar-refractivity contribution in [2.75, 3.05) is 6.54 Å². The van der Waals surface area contributed by atoms with E-state index in [1.807, 2.05) is 0 Å². The summed E-state index contributed by atoms with van der Waals surface area (Å²) in [6.45, 7) is 0.0358. The summed E-state index contributed by atoms with van der Waals surface area (Å²) in [6, 6.07) is 5.77. The van der Waals surface area contributed by atoms with E-state index in [9.17, 15) is 13.5 Å². The number of sulfonamides is 1. The molecule has 0 aromatic heterocycles. The molecule has 78 valence electrons. The highest BCUT2D eigenvalue weighted by Crippen LogP contribution is 2.15. The Labute approximate surface area is 82.4 Å². The Morgan fingerprint density at radius 1 is 1.43 bits per heavy atom. The molecule has 0 saturated carbocycles. The van der Waals surface area contributed by atoms with Gasteiger partial charge in [-0.3, -0.25) is 0 Å². The fraction of sp³-hybridized carbons (Fsp3) is 0.250. The molecule has 5 nitrogen and oxygen atoms in total. The van der Waals surface area contributed by atoms with Crippen LogP contribution >= 0.6 is 0 Å². The fourth-order valence-corrected chi connectivity index (χ4v) is 1.60. The molecule has 1 unspecified atom stereocenters. The van der Waals surface area contributed by atoms with Crippen LogP contribution < -0.4 is 10.9 Å². The highest BCUT2D eigenvalue weighted by molar-refractivity contribution is 7.89.